The van der Waals surface area contributed by atoms with Crippen molar-refractivity contribution in [1.82, 2.24) is 5.32 Å². The van der Waals surface area contributed by atoms with E-state index in [1.807, 2.05) is 6.92 Å². The number of nitrogens with one attached hydrogen (secondary N) is 1. The fourth-order valence-electron chi connectivity index (χ4n) is 2.36. The van der Waals surface area contributed by atoms with Gasteiger partial charge in [0.1, 0.15) is 0 Å². The van der Waals surface area contributed by atoms with E-state index in [4.69, 9.17) is 9.84 Å². The van der Waals surface area contributed by atoms with Crippen LogP contribution in [0.15, 0.2) is 0 Å². The summed E-state index contributed by atoms with van der Waals surface area (Å²) in [5.41, 5.74) is 0. The predicted molar refractivity (Wildman–Crippen MR) is 71.8 cm³/mol. The summed E-state index contributed by atoms with van der Waals surface area (Å²) in [7, 11) is 0. The Morgan fingerprint density at radius 2 is 2.05 bits per heavy atom. The van der Waals surface area contributed by atoms with Crippen LogP contribution in [0.4, 0.5) is 0 Å². The summed E-state index contributed by atoms with van der Waals surface area (Å²) >= 11 is 0. The van der Waals surface area contributed by atoms with Gasteiger partial charge >= 0.3 is 5.97 Å². The molecule has 0 aromatic heterocycles. The van der Waals surface area contributed by atoms with E-state index in [9.17, 15) is 9.59 Å². The van der Waals surface area contributed by atoms with Crippen molar-refractivity contribution in [3.8, 4) is 0 Å². The minimum atomic E-state index is -0.827. The van der Waals surface area contributed by atoms with Crippen LogP contribution in [0.5, 0.6) is 0 Å². The van der Waals surface area contributed by atoms with E-state index in [0.717, 1.165) is 38.9 Å². The Balaban J connectivity index is 2.17. The first-order valence-electron chi connectivity index (χ1n) is 7.20. The highest BCUT2D eigenvalue weighted by Gasteiger charge is 2.18. The van der Waals surface area contributed by atoms with Crippen LogP contribution in [-0.4, -0.2) is 36.7 Å². The molecule has 1 atom stereocenters. The number of carboxylic acids is 1. The SMILES string of the molecule is CCCC(CNC(=O)CCC1CCOCC1)C(=O)O. The molecule has 1 aliphatic heterocycles. The Morgan fingerprint density at radius 1 is 1.37 bits per heavy atom. The predicted octanol–water partition coefficient (Wildman–Crippen LogP) is 1.81. The van der Waals surface area contributed by atoms with E-state index >= 15 is 0 Å². The van der Waals surface area contributed by atoms with Gasteiger partial charge in [0.2, 0.25) is 5.91 Å². The first kappa shape index (κ1) is 16.0. The van der Waals surface area contributed by atoms with Gasteiger partial charge in [0.25, 0.3) is 0 Å². The Morgan fingerprint density at radius 3 is 2.63 bits per heavy atom. The topological polar surface area (TPSA) is 75.6 Å². The first-order chi connectivity index (χ1) is 9.13. The molecule has 1 unspecified atom stereocenters. The van der Waals surface area contributed by atoms with Gasteiger partial charge in [-0.3, -0.25) is 9.59 Å². The lowest BCUT2D eigenvalue weighted by Gasteiger charge is -2.21. The second-order valence-corrected chi connectivity index (χ2v) is 5.22. The fraction of sp³-hybridized carbons (Fsp3) is 0.857. The maximum Gasteiger partial charge on any atom is 0.308 e. The van der Waals surface area contributed by atoms with Crippen molar-refractivity contribution in [2.75, 3.05) is 19.8 Å². The zero-order valence-corrected chi connectivity index (χ0v) is 11.7. The summed E-state index contributed by atoms with van der Waals surface area (Å²) in [6.07, 6.45) is 4.84. The maximum absolute atomic E-state index is 11.7. The van der Waals surface area contributed by atoms with Crippen molar-refractivity contribution in [3.05, 3.63) is 0 Å². The van der Waals surface area contributed by atoms with Gasteiger partial charge in [-0.15, -0.1) is 0 Å². The number of hydrogen-bond acceptors (Lipinski definition) is 3. The molecule has 0 radical (unpaired) electrons. The quantitative estimate of drug-likeness (QED) is 0.706. The molecule has 2 N–H and O–H groups in total. The molecule has 19 heavy (non-hydrogen) atoms. The van der Waals surface area contributed by atoms with E-state index < -0.39 is 11.9 Å². The third kappa shape index (κ3) is 6.57. The molecule has 0 spiro atoms. The van der Waals surface area contributed by atoms with Crippen LogP contribution in [0, 0.1) is 11.8 Å². The van der Waals surface area contributed by atoms with Crippen LogP contribution in [0.1, 0.15) is 45.4 Å². The number of ether oxygens (including phenoxy) is 1. The van der Waals surface area contributed by atoms with E-state index in [2.05, 4.69) is 5.32 Å². The standard InChI is InChI=1S/C14H25NO4/c1-2-3-12(14(17)18)10-15-13(16)5-4-11-6-8-19-9-7-11/h11-12H,2-10H2,1H3,(H,15,16)(H,17,18). The van der Waals surface area contributed by atoms with Crippen molar-refractivity contribution in [3.63, 3.8) is 0 Å². The van der Waals surface area contributed by atoms with Crippen molar-refractivity contribution in [2.24, 2.45) is 11.8 Å². The van der Waals surface area contributed by atoms with Crippen LogP contribution in [0.3, 0.4) is 0 Å². The Hall–Kier alpha value is -1.10. The lowest BCUT2D eigenvalue weighted by Crippen LogP contribution is -2.33. The number of aliphatic carboxylic acids is 1. The Bertz CT molecular complexity index is 287. The maximum atomic E-state index is 11.7. The molecule has 1 heterocycles. The highest BCUT2D eigenvalue weighted by atomic mass is 16.5. The van der Waals surface area contributed by atoms with Gasteiger partial charge in [-0.25, -0.2) is 0 Å². The summed E-state index contributed by atoms with van der Waals surface area (Å²) < 4.78 is 5.27. The van der Waals surface area contributed by atoms with Crippen LogP contribution >= 0.6 is 0 Å². The second-order valence-electron chi connectivity index (χ2n) is 5.22. The average Bonchev–Trinajstić information content (AvgIpc) is 2.42. The highest BCUT2D eigenvalue weighted by molar-refractivity contribution is 5.77. The molecule has 1 saturated heterocycles. The molecule has 0 aromatic carbocycles. The lowest BCUT2D eigenvalue weighted by molar-refractivity contribution is -0.141. The molecule has 1 amide bonds. The van der Waals surface area contributed by atoms with Gasteiger partial charge in [-0.05, 0) is 31.6 Å². The van der Waals surface area contributed by atoms with E-state index in [0.29, 0.717) is 18.8 Å². The van der Waals surface area contributed by atoms with Crippen LogP contribution in [0.2, 0.25) is 0 Å². The Kier molecular flexibility index (Phi) is 7.48. The van der Waals surface area contributed by atoms with E-state index in [1.54, 1.807) is 0 Å². The van der Waals surface area contributed by atoms with Gasteiger partial charge in [0.05, 0.1) is 5.92 Å². The monoisotopic (exact) mass is 271 g/mol. The van der Waals surface area contributed by atoms with Gasteiger partial charge in [-0.2, -0.15) is 0 Å². The molecular weight excluding hydrogens is 246 g/mol. The molecule has 0 bridgehead atoms. The minimum Gasteiger partial charge on any atom is -0.481 e. The molecule has 1 rings (SSSR count). The van der Waals surface area contributed by atoms with Crippen LogP contribution < -0.4 is 5.32 Å². The molecular formula is C14H25NO4. The zero-order valence-electron chi connectivity index (χ0n) is 11.7. The van der Waals surface area contributed by atoms with Gasteiger partial charge in [0.15, 0.2) is 0 Å². The molecule has 5 nitrogen and oxygen atoms in total. The summed E-state index contributed by atoms with van der Waals surface area (Å²) in [6, 6.07) is 0. The average molecular weight is 271 g/mol. The van der Waals surface area contributed by atoms with Crippen molar-refractivity contribution >= 4 is 11.9 Å². The summed E-state index contributed by atoms with van der Waals surface area (Å²) in [6.45, 7) is 3.78. The molecule has 0 aliphatic carbocycles. The normalized spacial score (nSPS) is 17.9. The van der Waals surface area contributed by atoms with Gasteiger partial charge in [-0.1, -0.05) is 13.3 Å². The minimum absolute atomic E-state index is 0.0335. The van der Waals surface area contributed by atoms with Crippen molar-refractivity contribution < 1.29 is 19.4 Å². The summed E-state index contributed by atoms with van der Waals surface area (Å²) in [5.74, 6) is -0.747. The second kappa shape index (κ2) is 8.91. The molecule has 0 aromatic rings. The molecule has 1 fully saturated rings. The third-order valence-electron chi connectivity index (χ3n) is 3.65. The van der Waals surface area contributed by atoms with Crippen molar-refractivity contribution in [2.45, 2.75) is 45.4 Å². The van der Waals surface area contributed by atoms with Crippen LogP contribution in [0.25, 0.3) is 0 Å². The third-order valence-corrected chi connectivity index (χ3v) is 3.65. The number of amides is 1. The summed E-state index contributed by atoms with van der Waals surface area (Å²) in [5, 5.41) is 11.7. The van der Waals surface area contributed by atoms with Gasteiger partial charge in [0, 0.05) is 26.2 Å². The first-order valence-corrected chi connectivity index (χ1v) is 7.20. The number of carbonyl (C=O) groups excluding carboxylic acids is 1. The van der Waals surface area contributed by atoms with E-state index in [-0.39, 0.29) is 12.5 Å². The van der Waals surface area contributed by atoms with E-state index in [1.165, 1.54) is 0 Å². The number of carbonyl (C=O) groups is 2. The molecule has 0 saturated carbocycles. The van der Waals surface area contributed by atoms with Gasteiger partial charge < -0.3 is 15.2 Å². The van der Waals surface area contributed by atoms with Crippen LogP contribution in [-0.2, 0) is 14.3 Å². The number of rotatable bonds is 8. The molecule has 5 heteroatoms. The highest BCUT2D eigenvalue weighted by Crippen LogP contribution is 2.19. The smallest absolute Gasteiger partial charge is 0.308 e. The molecule has 110 valence electrons. The Labute approximate surface area is 114 Å². The number of carboxylic acid groups (broad SMARTS) is 1. The van der Waals surface area contributed by atoms with Crippen molar-refractivity contribution in [1.29, 1.82) is 0 Å². The summed E-state index contributed by atoms with van der Waals surface area (Å²) in [4.78, 5) is 22.6. The lowest BCUT2D eigenvalue weighted by atomic mass is 9.95. The molecule has 1 aliphatic rings. The fourth-order valence-corrected chi connectivity index (χ4v) is 2.36. The largest absolute Gasteiger partial charge is 0.481 e. The number of hydrogen-bond donors (Lipinski definition) is 2. The zero-order chi connectivity index (χ0) is 14.1.